The van der Waals surface area contributed by atoms with E-state index in [4.69, 9.17) is 5.11 Å². The van der Waals surface area contributed by atoms with Crippen molar-refractivity contribution in [3.8, 4) is 11.5 Å². The zero-order valence-electron chi connectivity index (χ0n) is 15.5. The number of hydrogen-bond acceptors (Lipinski definition) is 5. The van der Waals surface area contributed by atoms with E-state index in [-0.39, 0.29) is 24.3 Å². The van der Waals surface area contributed by atoms with E-state index >= 15 is 0 Å². The molecule has 0 radical (unpaired) electrons. The second-order valence-corrected chi connectivity index (χ2v) is 6.44. The lowest BCUT2D eigenvalue weighted by Gasteiger charge is -2.32. The van der Waals surface area contributed by atoms with Gasteiger partial charge in [0.05, 0.1) is 5.56 Å². The van der Waals surface area contributed by atoms with Gasteiger partial charge in [-0.3, -0.25) is 4.79 Å². The Kier molecular flexibility index (Phi) is 5.47. The molecule has 1 aliphatic heterocycles. The van der Waals surface area contributed by atoms with Gasteiger partial charge in [0, 0.05) is 37.6 Å². The van der Waals surface area contributed by atoms with E-state index in [1.54, 1.807) is 24.1 Å². The molecule has 0 bridgehead atoms. The van der Waals surface area contributed by atoms with E-state index < -0.39 is 29.7 Å². The number of alkyl halides is 4. The molecule has 1 heterocycles. The number of benzene rings is 2. The summed E-state index contributed by atoms with van der Waals surface area (Å²) in [4.78, 5) is 25.4. The van der Waals surface area contributed by atoms with Crippen LogP contribution in [0.5, 0.6) is 11.5 Å². The Balaban J connectivity index is 1.74. The molecule has 3 rings (SSSR count). The van der Waals surface area contributed by atoms with Crippen molar-refractivity contribution in [3.05, 3.63) is 48.0 Å². The number of halogens is 4. The molecular weight excluding hydrogens is 412 g/mol. The van der Waals surface area contributed by atoms with Crippen LogP contribution in [0.2, 0.25) is 0 Å². The van der Waals surface area contributed by atoms with Crippen LogP contribution >= 0.6 is 0 Å². The standard InChI is InChI=1S/C19H16F4N2O5/c1-24(13-4-2-3-12(9-13)17(27)28)7-8-25(11-26)14-5-6-15-16(10-14)30-19(22,23)18(20,21)29-15/h2-6,9-11H,7-8H2,1H3,(H,27,28). The summed E-state index contributed by atoms with van der Waals surface area (Å²) in [5.41, 5.74) is 0.807. The number of rotatable bonds is 7. The van der Waals surface area contributed by atoms with Crippen molar-refractivity contribution < 1.29 is 41.7 Å². The molecule has 0 fully saturated rings. The number of ether oxygens (including phenoxy) is 2. The van der Waals surface area contributed by atoms with Gasteiger partial charge >= 0.3 is 18.2 Å². The molecule has 7 nitrogen and oxygen atoms in total. The van der Waals surface area contributed by atoms with Gasteiger partial charge in [-0.25, -0.2) is 4.79 Å². The largest absolute Gasteiger partial charge is 0.507 e. The Morgan fingerprint density at radius 1 is 1.00 bits per heavy atom. The lowest BCUT2D eigenvalue weighted by molar-refractivity contribution is -0.391. The average molecular weight is 428 g/mol. The summed E-state index contributed by atoms with van der Waals surface area (Å²) in [7, 11) is 1.68. The van der Waals surface area contributed by atoms with Crippen LogP contribution in [0.1, 0.15) is 10.4 Å². The lowest BCUT2D eigenvalue weighted by Crippen LogP contribution is -2.52. The quantitative estimate of drug-likeness (QED) is 0.538. The number of hydrogen-bond donors (Lipinski definition) is 1. The van der Waals surface area contributed by atoms with Crippen LogP contribution in [-0.4, -0.2) is 49.8 Å². The van der Waals surface area contributed by atoms with E-state index in [1.165, 1.54) is 18.2 Å². The van der Waals surface area contributed by atoms with Crippen molar-refractivity contribution in [2.45, 2.75) is 12.2 Å². The Hall–Kier alpha value is -3.50. The molecular formula is C19H16F4N2O5. The summed E-state index contributed by atoms with van der Waals surface area (Å²) in [5, 5.41) is 9.07. The lowest BCUT2D eigenvalue weighted by atomic mass is 10.2. The molecule has 1 amide bonds. The highest BCUT2D eigenvalue weighted by Gasteiger charge is 2.65. The Morgan fingerprint density at radius 3 is 2.30 bits per heavy atom. The van der Waals surface area contributed by atoms with E-state index in [2.05, 4.69) is 9.47 Å². The number of carboxylic acid groups (broad SMARTS) is 1. The molecule has 0 unspecified atom stereocenters. The van der Waals surface area contributed by atoms with Crippen molar-refractivity contribution in [2.75, 3.05) is 29.9 Å². The van der Waals surface area contributed by atoms with E-state index in [0.29, 0.717) is 12.1 Å². The number of anilines is 2. The molecule has 0 saturated carbocycles. The second-order valence-electron chi connectivity index (χ2n) is 6.44. The SMILES string of the molecule is CN(CCN(C=O)c1ccc2c(c1)OC(F)(F)C(F)(F)O2)c1cccc(C(=O)O)c1. The zero-order valence-corrected chi connectivity index (χ0v) is 15.5. The topological polar surface area (TPSA) is 79.3 Å². The zero-order chi connectivity index (χ0) is 22.1. The highest BCUT2D eigenvalue weighted by Crippen LogP contribution is 2.47. The van der Waals surface area contributed by atoms with Crippen LogP contribution < -0.4 is 19.3 Å². The third-order valence-corrected chi connectivity index (χ3v) is 4.41. The van der Waals surface area contributed by atoms with E-state index in [0.717, 1.165) is 17.0 Å². The molecule has 2 aromatic rings. The molecule has 1 N–H and O–H groups in total. The van der Waals surface area contributed by atoms with Gasteiger partial charge in [0.1, 0.15) is 0 Å². The van der Waals surface area contributed by atoms with E-state index in [1.807, 2.05) is 0 Å². The fraction of sp³-hybridized carbons (Fsp3) is 0.263. The molecule has 2 aromatic carbocycles. The highest BCUT2D eigenvalue weighted by molar-refractivity contribution is 5.88. The normalized spacial score (nSPS) is 15.9. The first-order valence-corrected chi connectivity index (χ1v) is 8.58. The molecule has 160 valence electrons. The van der Waals surface area contributed by atoms with Crippen LogP contribution in [0.15, 0.2) is 42.5 Å². The van der Waals surface area contributed by atoms with Gasteiger partial charge in [-0.05, 0) is 30.3 Å². The summed E-state index contributed by atoms with van der Waals surface area (Å²) < 4.78 is 61.3. The number of nitrogens with zero attached hydrogens (tertiary/aromatic N) is 2. The molecule has 1 aliphatic rings. The first-order valence-electron chi connectivity index (χ1n) is 8.58. The summed E-state index contributed by atoms with van der Waals surface area (Å²) in [6.45, 7) is 0.341. The van der Waals surface area contributed by atoms with Gasteiger partial charge in [0.15, 0.2) is 11.5 Å². The molecule has 0 aromatic heterocycles. The van der Waals surface area contributed by atoms with Gasteiger partial charge in [0.2, 0.25) is 6.41 Å². The molecule has 30 heavy (non-hydrogen) atoms. The minimum atomic E-state index is -4.86. The molecule has 0 saturated heterocycles. The van der Waals surface area contributed by atoms with Crippen molar-refractivity contribution >= 4 is 23.8 Å². The summed E-state index contributed by atoms with van der Waals surface area (Å²) in [6.07, 6.45) is -9.24. The molecule has 11 heteroatoms. The van der Waals surface area contributed by atoms with Gasteiger partial charge in [-0.1, -0.05) is 6.07 Å². The first-order chi connectivity index (χ1) is 14.0. The molecule has 0 spiro atoms. The second kappa shape index (κ2) is 7.73. The smallest absolute Gasteiger partial charge is 0.478 e. The fourth-order valence-electron chi connectivity index (χ4n) is 2.74. The third-order valence-electron chi connectivity index (χ3n) is 4.41. The predicted octanol–water partition coefficient (Wildman–Crippen LogP) is 3.44. The van der Waals surface area contributed by atoms with Gasteiger partial charge in [-0.2, -0.15) is 17.6 Å². The average Bonchev–Trinajstić information content (AvgIpc) is 2.68. The Bertz CT molecular complexity index is 970. The van der Waals surface area contributed by atoms with Crippen LogP contribution in [0.3, 0.4) is 0 Å². The van der Waals surface area contributed by atoms with Gasteiger partial charge in [-0.15, -0.1) is 0 Å². The van der Waals surface area contributed by atoms with Crippen LogP contribution in [0.25, 0.3) is 0 Å². The Morgan fingerprint density at radius 2 is 1.67 bits per heavy atom. The van der Waals surface area contributed by atoms with Gasteiger partial charge in [0.25, 0.3) is 0 Å². The van der Waals surface area contributed by atoms with Crippen molar-refractivity contribution in [1.29, 1.82) is 0 Å². The van der Waals surface area contributed by atoms with Crippen LogP contribution in [0.4, 0.5) is 28.9 Å². The summed E-state index contributed by atoms with van der Waals surface area (Å²) in [6, 6.07) is 9.41. The maximum Gasteiger partial charge on any atom is 0.507 e. The number of likely N-dealkylation sites (N-methyl/N-ethyl adjacent to an activating group) is 1. The molecule has 0 atom stereocenters. The Labute approximate surface area is 168 Å². The fourth-order valence-corrected chi connectivity index (χ4v) is 2.74. The van der Waals surface area contributed by atoms with Crippen LogP contribution in [0, 0.1) is 0 Å². The number of carboxylic acids is 1. The summed E-state index contributed by atoms with van der Waals surface area (Å²) >= 11 is 0. The number of aromatic carboxylic acids is 1. The van der Waals surface area contributed by atoms with Crippen LogP contribution in [-0.2, 0) is 4.79 Å². The maximum absolute atomic E-state index is 13.4. The summed E-state index contributed by atoms with van der Waals surface area (Å²) in [5.74, 6) is -2.29. The number of fused-ring (bicyclic) bond motifs is 1. The third kappa shape index (κ3) is 4.09. The minimum absolute atomic E-state index is 0.0868. The monoisotopic (exact) mass is 428 g/mol. The van der Waals surface area contributed by atoms with Crippen molar-refractivity contribution in [2.24, 2.45) is 0 Å². The van der Waals surface area contributed by atoms with Gasteiger partial charge < -0.3 is 24.4 Å². The predicted molar refractivity (Wildman–Crippen MR) is 97.7 cm³/mol. The number of amides is 1. The van der Waals surface area contributed by atoms with Crippen molar-refractivity contribution in [1.82, 2.24) is 0 Å². The highest BCUT2D eigenvalue weighted by atomic mass is 19.3. The number of carbonyl (C=O) groups excluding carboxylic acids is 1. The maximum atomic E-state index is 13.4. The first kappa shape index (κ1) is 21.2. The van der Waals surface area contributed by atoms with Crippen molar-refractivity contribution in [3.63, 3.8) is 0 Å². The minimum Gasteiger partial charge on any atom is -0.478 e. The number of carbonyl (C=O) groups is 2. The molecule has 0 aliphatic carbocycles. The van der Waals surface area contributed by atoms with E-state index in [9.17, 15) is 27.2 Å².